The first-order valence-electron chi connectivity index (χ1n) is 6.62. The summed E-state index contributed by atoms with van der Waals surface area (Å²) in [6.07, 6.45) is 0.293. The number of benzene rings is 1. The number of hydrogen-bond acceptors (Lipinski definition) is 4. The first-order chi connectivity index (χ1) is 9.93. The predicted molar refractivity (Wildman–Crippen MR) is 85.2 cm³/mol. The van der Waals surface area contributed by atoms with E-state index in [1.807, 2.05) is 37.2 Å². The van der Waals surface area contributed by atoms with E-state index in [1.165, 1.54) is 0 Å². The monoisotopic (exact) mass is 307 g/mol. The largest absolute Gasteiger partial charge is 0.396 e. The van der Waals surface area contributed by atoms with Crippen molar-refractivity contribution in [1.82, 2.24) is 9.97 Å². The molecule has 2 aromatic rings. The molecule has 0 aliphatic rings. The number of aryl methyl sites for hydroxylation is 1. The highest BCUT2D eigenvalue weighted by Crippen LogP contribution is 2.28. The summed E-state index contributed by atoms with van der Waals surface area (Å²) in [4.78, 5) is 21.1. The number of aliphatic hydroxyl groups excluding tert-OH is 1. The molecule has 0 bridgehead atoms. The van der Waals surface area contributed by atoms with Gasteiger partial charge in [-0.15, -0.1) is 0 Å². The summed E-state index contributed by atoms with van der Waals surface area (Å²) in [6.45, 7) is 1.68. The van der Waals surface area contributed by atoms with Crippen molar-refractivity contribution in [3.8, 4) is 11.4 Å². The van der Waals surface area contributed by atoms with Crippen LogP contribution in [0, 0.1) is 6.92 Å². The van der Waals surface area contributed by atoms with Crippen LogP contribution in [0.5, 0.6) is 0 Å². The second kappa shape index (κ2) is 6.28. The summed E-state index contributed by atoms with van der Waals surface area (Å²) < 4.78 is 0. The van der Waals surface area contributed by atoms with Crippen molar-refractivity contribution in [3.05, 3.63) is 44.8 Å². The van der Waals surface area contributed by atoms with E-state index < -0.39 is 0 Å². The molecule has 1 aromatic heterocycles. The Morgan fingerprint density at radius 1 is 1.38 bits per heavy atom. The first-order valence-corrected chi connectivity index (χ1v) is 6.99. The Kier molecular flexibility index (Phi) is 4.65. The van der Waals surface area contributed by atoms with Crippen molar-refractivity contribution in [1.29, 1.82) is 0 Å². The molecule has 5 nitrogen and oxygen atoms in total. The topological polar surface area (TPSA) is 69.2 Å². The third-order valence-electron chi connectivity index (χ3n) is 3.31. The zero-order valence-corrected chi connectivity index (χ0v) is 13.0. The minimum atomic E-state index is -0.237. The second-order valence-corrected chi connectivity index (χ2v) is 5.42. The summed E-state index contributed by atoms with van der Waals surface area (Å²) in [5.74, 6) is 0.439. The number of aromatic amines is 1. The van der Waals surface area contributed by atoms with Gasteiger partial charge < -0.3 is 15.0 Å². The van der Waals surface area contributed by atoms with Crippen molar-refractivity contribution in [2.24, 2.45) is 0 Å². The molecule has 21 heavy (non-hydrogen) atoms. The van der Waals surface area contributed by atoms with Gasteiger partial charge in [-0.3, -0.25) is 4.79 Å². The van der Waals surface area contributed by atoms with Crippen LogP contribution < -0.4 is 10.5 Å². The Hall–Kier alpha value is -1.85. The molecule has 0 radical (unpaired) electrons. The molecular formula is C15H18ClN3O2. The van der Waals surface area contributed by atoms with Gasteiger partial charge in [-0.05, 0) is 25.1 Å². The lowest BCUT2D eigenvalue weighted by atomic mass is 10.1. The average molecular weight is 308 g/mol. The van der Waals surface area contributed by atoms with Crippen LogP contribution >= 0.6 is 11.6 Å². The Morgan fingerprint density at radius 2 is 2.10 bits per heavy atom. The van der Waals surface area contributed by atoms with Crippen LogP contribution in [-0.2, 0) is 6.42 Å². The van der Waals surface area contributed by atoms with Gasteiger partial charge in [-0.2, -0.15) is 0 Å². The Labute approximate surface area is 128 Å². The number of aliphatic hydroxyl groups is 1. The Balaban J connectivity index is 2.50. The number of halogens is 1. The highest BCUT2D eigenvalue weighted by Gasteiger charge is 2.12. The van der Waals surface area contributed by atoms with Crippen molar-refractivity contribution in [3.63, 3.8) is 0 Å². The zero-order valence-electron chi connectivity index (χ0n) is 12.3. The quantitative estimate of drug-likeness (QED) is 0.906. The van der Waals surface area contributed by atoms with Crippen molar-refractivity contribution in [2.45, 2.75) is 13.3 Å². The number of H-pyrrole nitrogens is 1. The molecule has 0 saturated carbocycles. The summed E-state index contributed by atoms with van der Waals surface area (Å²) in [5.41, 5.74) is 2.52. The van der Waals surface area contributed by atoms with Gasteiger partial charge in [0.25, 0.3) is 5.56 Å². The number of nitrogens with one attached hydrogen (secondary N) is 1. The van der Waals surface area contributed by atoms with Crippen LogP contribution in [0.25, 0.3) is 11.4 Å². The van der Waals surface area contributed by atoms with Crippen molar-refractivity contribution >= 4 is 17.3 Å². The molecule has 2 N–H and O–H groups in total. The van der Waals surface area contributed by atoms with Gasteiger partial charge in [0.1, 0.15) is 5.82 Å². The number of nitrogens with zero attached hydrogens (tertiary/aromatic N) is 2. The maximum absolute atomic E-state index is 12.1. The van der Waals surface area contributed by atoms with Crippen LogP contribution in [0.15, 0.2) is 23.0 Å². The highest BCUT2D eigenvalue weighted by molar-refractivity contribution is 6.33. The standard InChI is InChI=1S/C15H18ClN3O2/c1-9-11(6-7-20)15(21)18-14(17-9)12-5-4-10(19(2)3)8-13(12)16/h4-5,8,20H,6-7H2,1-3H3,(H,17,18,21). The normalized spacial score (nSPS) is 10.7. The van der Waals surface area contributed by atoms with Gasteiger partial charge in [0.05, 0.1) is 5.02 Å². The lowest BCUT2D eigenvalue weighted by Crippen LogP contribution is -2.18. The molecule has 0 aliphatic carbocycles. The fourth-order valence-corrected chi connectivity index (χ4v) is 2.38. The summed E-state index contributed by atoms with van der Waals surface area (Å²) in [5, 5.41) is 9.50. The van der Waals surface area contributed by atoms with Crippen LogP contribution in [0.2, 0.25) is 5.02 Å². The molecule has 112 valence electrons. The van der Waals surface area contributed by atoms with E-state index in [0.29, 0.717) is 34.1 Å². The minimum Gasteiger partial charge on any atom is -0.396 e. The predicted octanol–water partition coefficient (Wildman–Crippen LogP) is 2.00. The highest BCUT2D eigenvalue weighted by atomic mass is 35.5. The lowest BCUT2D eigenvalue weighted by molar-refractivity contribution is 0.298. The first kappa shape index (κ1) is 15.5. The molecule has 0 atom stereocenters. The van der Waals surface area contributed by atoms with Crippen LogP contribution in [0.1, 0.15) is 11.3 Å². The number of anilines is 1. The average Bonchev–Trinajstić information content (AvgIpc) is 2.42. The van der Waals surface area contributed by atoms with Gasteiger partial charge >= 0.3 is 0 Å². The maximum Gasteiger partial charge on any atom is 0.254 e. The van der Waals surface area contributed by atoms with Crippen molar-refractivity contribution in [2.75, 3.05) is 25.6 Å². The van der Waals surface area contributed by atoms with Gasteiger partial charge in [0.2, 0.25) is 0 Å². The SMILES string of the molecule is Cc1nc(-c2ccc(N(C)C)cc2Cl)[nH]c(=O)c1CCO. The van der Waals surface area contributed by atoms with Crippen LogP contribution in [0.3, 0.4) is 0 Å². The van der Waals surface area contributed by atoms with Gasteiger partial charge in [0.15, 0.2) is 0 Å². The summed E-state index contributed by atoms with van der Waals surface area (Å²) >= 11 is 6.28. The van der Waals surface area contributed by atoms with E-state index in [0.717, 1.165) is 5.69 Å². The summed E-state index contributed by atoms with van der Waals surface area (Å²) in [6, 6.07) is 5.58. The van der Waals surface area contributed by atoms with Crippen molar-refractivity contribution < 1.29 is 5.11 Å². The molecule has 6 heteroatoms. The zero-order chi connectivity index (χ0) is 15.6. The fourth-order valence-electron chi connectivity index (χ4n) is 2.12. The van der Waals surface area contributed by atoms with E-state index in [1.54, 1.807) is 6.92 Å². The van der Waals surface area contributed by atoms with E-state index >= 15 is 0 Å². The Bertz CT molecular complexity index is 711. The molecule has 2 rings (SSSR count). The smallest absolute Gasteiger partial charge is 0.254 e. The molecule has 1 heterocycles. The maximum atomic E-state index is 12.1. The fraction of sp³-hybridized carbons (Fsp3) is 0.333. The lowest BCUT2D eigenvalue weighted by Gasteiger charge is -2.14. The molecule has 0 unspecified atom stereocenters. The summed E-state index contributed by atoms with van der Waals surface area (Å²) in [7, 11) is 3.86. The van der Waals surface area contributed by atoms with Gasteiger partial charge in [0, 0.05) is 49.6 Å². The van der Waals surface area contributed by atoms with E-state index in [4.69, 9.17) is 16.7 Å². The molecule has 0 amide bonds. The molecule has 0 aliphatic heterocycles. The van der Waals surface area contributed by atoms with E-state index in [9.17, 15) is 4.79 Å². The Morgan fingerprint density at radius 3 is 2.62 bits per heavy atom. The number of rotatable bonds is 4. The number of aromatic nitrogens is 2. The van der Waals surface area contributed by atoms with Crippen LogP contribution in [0.4, 0.5) is 5.69 Å². The van der Waals surface area contributed by atoms with E-state index in [-0.39, 0.29) is 12.2 Å². The molecule has 0 saturated heterocycles. The van der Waals surface area contributed by atoms with Crippen LogP contribution in [-0.4, -0.2) is 35.8 Å². The molecule has 0 spiro atoms. The second-order valence-electron chi connectivity index (χ2n) is 5.01. The van der Waals surface area contributed by atoms with Gasteiger partial charge in [-0.1, -0.05) is 11.6 Å². The third-order valence-corrected chi connectivity index (χ3v) is 3.62. The number of hydrogen-bond donors (Lipinski definition) is 2. The van der Waals surface area contributed by atoms with Gasteiger partial charge in [-0.25, -0.2) is 4.98 Å². The molecule has 1 aromatic carbocycles. The van der Waals surface area contributed by atoms with E-state index in [2.05, 4.69) is 9.97 Å². The third kappa shape index (κ3) is 3.25. The molecule has 0 fully saturated rings. The molecular weight excluding hydrogens is 290 g/mol. The minimum absolute atomic E-state index is 0.0801.